The summed E-state index contributed by atoms with van der Waals surface area (Å²) in [6, 6.07) is 11.8. The van der Waals surface area contributed by atoms with Gasteiger partial charge < -0.3 is 10.2 Å². The van der Waals surface area contributed by atoms with Crippen molar-refractivity contribution in [3.05, 3.63) is 53.3 Å². The Balaban J connectivity index is 1.55. The van der Waals surface area contributed by atoms with Gasteiger partial charge in [-0.3, -0.25) is 14.3 Å². The highest BCUT2D eigenvalue weighted by molar-refractivity contribution is 5.89. The Morgan fingerprint density at radius 3 is 2.80 bits per heavy atom. The van der Waals surface area contributed by atoms with Gasteiger partial charge in [-0.1, -0.05) is 30.3 Å². The molecule has 1 aliphatic heterocycles. The Hall–Kier alpha value is -2.63. The minimum Gasteiger partial charge on any atom is -0.350 e. The molecule has 1 N–H and O–H groups in total. The number of aromatic nitrogens is 2. The molecule has 1 aliphatic rings. The molecule has 1 aromatic heterocycles. The van der Waals surface area contributed by atoms with Crippen LogP contribution < -0.4 is 5.32 Å². The van der Waals surface area contributed by atoms with Crippen molar-refractivity contribution in [2.24, 2.45) is 5.92 Å². The molecular weight excluding hydrogens is 316 g/mol. The number of hydrogen-bond donors (Lipinski definition) is 1. The SMILES string of the molecule is CCn1nc(C)cc1CNC(=O)[C@H]1CC(=O)N(Cc2ccccc2)C1. The van der Waals surface area contributed by atoms with Crippen LogP contribution in [0, 0.1) is 12.8 Å². The molecule has 0 aliphatic carbocycles. The van der Waals surface area contributed by atoms with Crippen LogP contribution in [-0.4, -0.2) is 33.0 Å². The first-order valence-corrected chi connectivity index (χ1v) is 8.69. The highest BCUT2D eigenvalue weighted by Crippen LogP contribution is 2.20. The molecule has 0 saturated carbocycles. The minimum absolute atomic E-state index is 0.0402. The van der Waals surface area contributed by atoms with Crippen LogP contribution in [0.5, 0.6) is 0 Å². The highest BCUT2D eigenvalue weighted by atomic mass is 16.2. The molecule has 1 aromatic carbocycles. The summed E-state index contributed by atoms with van der Waals surface area (Å²) >= 11 is 0. The summed E-state index contributed by atoms with van der Waals surface area (Å²) in [5.74, 6) is -0.306. The topological polar surface area (TPSA) is 67.2 Å². The summed E-state index contributed by atoms with van der Waals surface area (Å²) in [6.07, 6.45) is 0.282. The second kappa shape index (κ2) is 7.51. The lowest BCUT2D eigenvalue weighted by atomic mass is 10.1. The normalized spacial score (nSPS) is 17.1. The highest BCUT2D eigenvalue weighted by Gasteiger charge is 2.34. The van der Waals surface area contributed by atoms with E-state index < -0.39 is 0 Å². The molecular formula is C19H24N4O2. The van der Waals surface area contributed by atoms with Crippen molar-refractivity contribution in [3.8, 4) is 0 Å². The molecule has 0 spiro atoms. The predicted octanol–water partition coefficient (Wildman–Crippen LogP) is 1.88. The van der Waals surface area contributed by atoms with Crippen LogP contribution in [-0.2, 0) is 29.2 Å². The van der Waals surface area contributed by atoms with Gasteiger partial charge in [0.2, 0.25) is 11.8 Å². The number of nitrogens with zero attached hydrogens (tertiary/aromatic N) is 3. The van der Waals surface area contributed by atoms with Crippen molar-refractivity contribution in [2.75, 3.05) is 6.54 Å². The summed E-state index contributed by atoms with van der Waals surface area (Å²) < 4.78 is 1.89. The lowest BCUT2D eigenvalue weighted by Crippen LogP contribution is -2.33. The lowest BCUT2D eigenvalue weighted by molar-refractivity contribution is -0.129. The zero-order valence-corrected chi connectivity index (χ0v) is 14.7. The molecule has 0 unspecified atom stereocenters. The van der Waals surface area contributed by atoms with Crippen molar-refractivity contribution >= 4 is 11.8 Å². The number of aryl methyl sites for hydroxylation is 2. The number of rotatable bonds is 6. The summed E-state index contributed by atoms with van der Waals surface area (Å²) in [5, 5.41) is 7.33. The number of benzene rings is 1. The van der Waals surface area contributed by atoms with Crippen molar-refractivity contribution in [2.45, 2.75) is 39.9 Å². The van der Waals surface area contributed by atoms with Gasteiger partial charge in [0.05, 0.1) is 23.9 Å². The fourth-order valence-corrected chi connectivity index (χ4v) is 3.24. The van der Waals surface area contributed by atoms with Crippen molar-refractivity contribution < 1.29 is 9.59 Å². The van der Waals surface area contributed by atoms with E-state index in [1.807, 2.05) is 54.9 Å². The van der Waals surface area contributed by atoms with Gasteiger partial charge in [-0.25, -0.2) is 0 Å². The number of amides is 2. The Morgan fingerprint density at radius 2 is 2.08 bits per heavy atom. The number of likely N-dealkylation sites (tertiary alicyclic amines) is 1. The van der Waals surface area contributed by atoms with Gasteiger partial charge in [0.25, 0.3) is 0 Å². The smallest absolute Gasteiger partial charge is 0.225 e. The quantitative estimate of drug-likeness (QED) is 0.873. The van der Waals surface area contributed by atoms with E-state index in [4.69, 9.17) is 0 Å². The molecule has 25 heavy (non-hydrogen) atoms. The molecule has 6 heteroatoms. The Bertz CT molecular complexity index is 754. The summed E-state index contributed by atoms with van der Waals surface area (Å²) in [4.78, 5) is 26.4. The zero-order chi connectivity index (χ0) is 17.8. The van der Waals surface area contributed by atoms with E-state index in [1.165, 1.54) is 0 Å². The van der Waals surface area contributed by atoms with E-state index >= 15 is 0 Å². The molecule has 132 valence electrons. The number of carbonyl (C=O) groups is 2. The molecule has 2 amide bonds. The van der Waals surface area contributed by atoms with Crippen molar-refractivity contribution in [1.29, 1.82) is 0 Å². The fourth-order valence-electron chi connectivity index (χ4n) is 3.24. The third-order valence-electron chi connectivity index (χ3n) is 4.53. The standard InChI is InChI=1S/C19H24N4O2/c1-3-23-17(9-14(2)21-23)11-20-19(25)16-10-18(24)22(13-16)12-15-7-5-4-6-8-15/h4-9,16H,3,10-13H2,1-2H3,(H,20,25)/t16-/m0/s1. The maximum atomic E-state index is 12.4. The van der Waals surface area contributed by atoms with Crippen LogP contribution in [0.15, 0.2) is 36.4 Å². The fraction of sp³-hybridized carbons (Fsp3) is 0.421. The van der Waals surface area contributed by atoms with Crippen molar-refractivity contribution in [1.82, 2.24) is 20.0 Å². The van der Waals surface area contributed by atoms with Crippen LogP contribution in [0.4, 0.5) is 0 Å². The first-order valence-electron chi connectivity index (χ1n) is 8.69. The second-order valence-corrected chi connectivity index (χ2v) is 6.47. The molecule has 0 radical (unpaired) electrons. The maximum absolute atomic E-state index is 12.4. The average molecular weight is 340 g/mol. The van der Waals surface area contributed by atoms with Crippen LogP contribution in [0.2, 0.25) is 0 Å². The van der Waals surface area contributed by atoms with Gasteiger partial charge in [-0.15, -0.1) is 0 Å². The molecule has 2 aromatic rings. The number of hydrogen-bond acceptors (Lipinski definition) is 3. The summed E-state index contributed by atoms with van der Waals surface area (Å²) in [5.41, 5.74) is 3.01. The minimum atomic E-state index is -0.282. The van der Waals surface area contributed by atoms with Gasteiger partial charge in [0.1, 0.15) is 0 Å². The molecule has 3 rings (SSSR count). The first-order chi connectivity index (χ1) is 12.1. The van der Waals surface area contributed by atoms with E-state index in [-0.39, 0.29) is 24.2 Å². The number of carbonyl (C=O) groups excluding carboxylic acids is 2. The van der Waals surface area contributed by atoms with Crippen molar-refractivity contribution in [3.63, 3.8) is 0 Å². The predicted molar refractivity (Wildman–Crippen MR) is 94.5 cm³/mol. The monoisotopic (exact) mass is 340 g/mol. The average Bonchev–Trinajstić information content (AvgIpc) is 3.16. The molecule has 1 fully saturated rings. The van der Waals surface area contributed by atoms with E-state index in [0.29, 0.717) is 19.6 Å². The van der Waals surface area contributed by atoms with Gasteiger partial charge >= 0.3 is 0 Å². The van der Waals surface area contributed by atoms with Gasteiger partial charge in [-0.2, -0.15) is 5.10 Å². The Morgan fingerprint density at radius 1 is 1.32 bits per heavy atom. The second-order valence-electron chi connectivity index (χ2n) is 6.47. The third kappa shape index (κ3) is 4.07. The van der Waals surface area contributed by atoms with E-state index in [9.17, 15) is 9.59 Å². The van der Waals surface area contributed by atoms with Crippen LogP contribution in [0.3, 0.4) is 0 Å². The first kappa shape index (κ1) is 17.2. The zero-order valence-electron chi connectivity index (χ0n) is 14.7. The molecule has 0 bridgehead atoms. The summed E-state index contributed by atoms with van der Waals surface area (Å²) in [6.45, 7) is 6.21. The lowest BCUT2D eigenvalue weighted by Gasteiger charge is -2.16. The molecule has 1 saturated heterocycles. The van der Waals surface area contributed by atoms with E-state index in [2.05, 4.69) is 10.4 Å². The number of nitrogens with one attached hydrogen (secondary N) is 1. The van der Waals surface area contributed by atoms with E-state index in [0.717, 1.165) is 23.5 Å². The van der Waals surface area contributed by atoms with Gasteiger partial charge in [0, 0.05) is 26.1 Å². The summed E-state index contributed by atoms with van der Waals surface area (Å²) in [7, 11) is 0. The molecule has 6 nitrogen and oxygen atoms in total. The van der Waals surface area contributed by atoms with Crippen LogP contribution >= 0.6 is 0 Å². The molecule has 2 heterocycles. The maximum Gasteiger partial charge on any atom is 0.225 e. The molecule has 1 atom stereocenters. The van der Waals surface area contributed by atoms with Gasteiger partial charge in [-0.05, 0) is 25.5 Å². The van der Waals surface area contributed by atoms with Crippen LogP contribution in [0.1, 0.15) is 30.3 Å². The Kier molecular flexibility index (Phi) is 5.16. The van der Waals surface area contributed by atoms with Crippen LogP contribution in [0.25, 0.3) is 0 Å². The van der Waals surface area contributed by atoms with Gasteiger partial charge in [0.15, 0.2) is 0 Å². The third-order valence-corrected chi connectivity index (χ3v) is 4.53. The largest absolute Gasteiger partial charge is 0.350 e. The van der Waals surface area contributed by atoms with E-state index in [1.54, 1.807) is 4.90 Å². The Labute approximate surface area is 147 Å².